The summed E-state index contributed by atoms with van der Waals surface area (Å²) in [6.07, 6.45) is 1.22. The van der Waals surface area contributed by atoms with Gasteiger partial charge in [0.2, 0.25) is 0 Å². The molecule has 1 unspecified atom stereocenters. The molecule has 19 heavy (non-hydrogen) atoms. The van der Waals surface area contributed by atoms with E-state index < -0.39 is 0 Å². The molecule has 1 N–H and O–H groups in total. The van der Waals surface area contributed by atoms with Crippen molar-refractivity contribution in [3.8, 4) is 5.75 Å². The molecule has 0 aliphatic rings. The largest absolute Gasteiger partial charge is 0.495 e. The normalized spacial score (nSPS) is 12.0. The third-order valence-corrected chi connectivity index (χ3v) is 3.38. The van der Waals surface area contributed by atoms with Gasteiger partial charge in [-0.15, -0.1) is 0 Å². The first-order valence-corrected chi connectivity index (χ1v) is 6.61. The van der Waals surface area contributed by atoms with Gasteiger partial charge >= 0.3 is 0 Å². The van der Waals surface area contributed by atoms with Crippen molar-refractivity contribution in [1.29, 1.82) is 0 Å². The molecule has 2 rings (SSSR count). The summed E-state index contributed by atoms with van der Waals surface area (Å²) in [7, 11) is 1.62. The minimum atomic E-state index is -0.332. The molecule has 100 valence electrons. The van der Waals surface area contributed by atoms with Crippen LogP contribution in [-0.2, 0) is 0 Å². The van der Waals surface area contributed by atoms with E-state index in [0.717, 1.165) is 21.6 Å². The third kappa shape index (κ3) is 3.44. The Kier molecular flexibility index (Phi) is 4.37. The highest BCUT2D eigenvalue weighted by atomic mass is 79.9. The molecule has 0 amide bonds. The maximum absolute atomic E-state index is 12.8. The van der Waals surface area contributed by atoms with E-state index in [2.05, 4.69) is 26.2 Å². The average Bonchev–Trinajstić information content (AvgIpc) is 2.41. The van der Waals surface area contributed by atoms with E-state index in [-0.39, 0.29) is 11.9 Å². The lowest BCUT2D eigenvalue weighted by atomic mass is 10.2. The molecule has 5 heteroatoms. The Morgan fingerprint density at radius 3 is 2.74 bits per heavy atom. The number of hydrogen-bond acceptors (Lipinski definition) is 3. The molecular weight excluding hydrogens is 311 g/mol. The van der Waals surface area contributed by atoms with Crippen molar-refractivity contribution in [2.24, 2.45) is 0 Å². The number of halogens is 2. The second-order valence-electron chi connectivity index (χ2n) is 4.12. The molecule has 1 aromatic carbocycles. The fourth-order valence-electron chi connectivity index (χ4n) is 1.72. The summed E-state index contributed by atoms with van der Waals surface area (Å²) in [6, 6.07) is 8.79. The van der Waals surface area contributed by atoms with Crippen LogP contribution in [0, 0.1) is 5.82 Å². The van der Waals surface area contributed by atoms with Crippen molar-refractivity contribution in [2.45, 2.75) is 13.0 Å². The summed E-state index contributed by atoms with van der Waals surface area (Å²) in [5, 5.41) is 3.29. The number of pyridine rings is 1. The number of ether oxygens (including phenoxy) is 1. The number of nitrogens with zero attached hydrogens (tertiary/aromatic N) is 1. The Morgan fingerprint density at radius 1 is 1.32 bits per heavy atom. The highest BCUT2D eigenvalue weighted by Gasteiger charge is 2.08. The zero-order chi connectivity index (χ0) is 13.8. The van der Waals surface area contributed by atoms with Crippen molar-refractivity contribution in [1.82, 2.24) is 4.98 Å². The van der Waals surface area contributed by atoms with E-state index in [9.17, 15) is 4.39 Å². The van der Waals surface area contributed by atoms with Crippen LogP contribution in [0.15, 0.2) is 41.0 Å². The molecule has 0 fully saturated rings. The van der Waals surface area contributed by atoms with E-state index in [4.69, 9.17) is 4.74 Å². The average molecular weight is 325 g/mol. The predicted octanol–water partition coefficient (Wildman–Crippen LogP) is 4.16. The first-order chi connectivity index (χ1) is 9.10. The van der Waals surface area contributed by atoms with Crippen LogP contribution in [0.3, 0.4) is 0 Å². The zero-order valence-electron chi connectivity index (χ0n) is 10.7. The number of rotatable bonds is 4. The SMILES string of the molecule is COc1cc(NC(C)c2ccc(F)cn2)ccc1Br. The van der Waals surface area contributed by atoms with Gasteiger partial charge in [0.25, 0.3) is 0 Å². The van der Waals surface area contributed by atoms with Gasteiger partial charge in [-0.2, -0.15) is 0 Å². The van der Waals surface area contributed by atoms with Crippen molar-refractivity contribution in [3.05, 3.63) is 52.5 Å². The fraction of sp³-hybridized carbons (Fsp3) is 0.214. The first-order valence-electron chi connectivity index (χ1n) is 5.81. The molecule has 3 nitrogen and oxygen atoms in total. The Morgan fingerprint density at radius 2 is 2.11 bits per heavy atom. The van der Waals surface area contributed by atoms with Crippen molar-refractivity contribution in [3.63, 3.8) is 0 Å². The molecule has 0 aliphatic heterocycles. The lowest BCUT2D eigenvalue weighted by molar-refractivity contribution is 0.412. The highest BCUT2D eigenvalue weighted by Crippen LogP contribution is 2.29. The van der Waals surface area contributed by atoms with Gasteiger partial charge in [0, 0.05) is 11.8 Å². The maximum atomic E-state index is 12.8. The summed E-state index contributed by atoms with van der Waals surface area (Å²) < 4.78 is 18.9. The van der Waals surface area contributed by atoms with Crippen molar-refractivity contribution in [2.75, 3.05) is 12.4 Å². The minimum Gasteiger partial charge on any atom is -0.495 e. The third-order valence-electron chi connectivity index (χ3n) is 2.73. The number of hydrogen-bond donors (Lipinski definition) is 1. The number of methoxy groups -OCH3 is 1. The number of benzene rings is 1. The molecule has 1 atom stereocenters. The van der Waals surface area contributed by atoms with Crippen LogP contribution in [-0.4, -0.2) is 12.1 Å². The van der Waals surface area contributed by atoms with E-state index >= 15 is 0 Å². The Balaban J connectivity index is 2.14. The van der Waals surface area contributed by atoms with Crippen LogP contribution in [0.5, 0.6) is 5.75 Å². The van der Waals surface area contributed by atoms with E-state index in [1.54, 1.807) is 13.2 Å². The summed E-state index contributed by atoms with van der Waals surface area (Å²) in [4.78, 5) is 4.06. The van der Waals surface area contributed by atoms with Gasteiger partial charge in [-0.3, -0.25) is 4.98 Å². The van der Waals surface area contributed by atoms with Gasteiger partial charge in [0.15, 0.2) is 0 Å². The standard InChI is InChI=1S/C14H14BrFN2O/c1-9(13-6-3-10(16)8-17-13)18-11-4-5-12(15)14(7-11)19-2/h3-9,18H,1-2H3. The number of aromatic nitrogens is 1. The van der Waals surface area contributed by atoms with Crippen LogP contribution in [0.2, 0.25) is 0 Å². The number of nitrogens with one attached hydrogen (secondary N) is 1. The van der Waals surface area contributed by atoms with Gasteiger partial charge in [-0.1, -0.05) is 0 Å². The Hall–Kier alpha value is -1.62. The number of anilines is 1. The Bertz CT molecular complexity index is 560. The predicted molar refractivity (Wildman–Crippen MR) is 76.9 cm³/mol. The summed E-state index contributed by atoms with van der Waals surface area (Å²) in [5.41, 5.74) is 1.70. The molecule has 0 saturated heterocycles. The van der Waals surface area contributed by atoms with Crippen molar-refractivity contribution < 1.29 is 9.13 Å². The molecular formula is C14H14BrFN2O. The van der Waals surface area contributed by atoms with Crippen LogP contribution >= 0.6 is 15.9 Å². The van der Waals surface area contributed by atoms with E-state index in [0.29, 0.717) is 0 Å². The van der Waals surface area contributed by atoms with Crippen LogP contribution in [0.25, 0.3) is 0 Å². The second kappa shape index (κ2) is 6.02. The fourth-order valence-corrected chi connectivity index (χ4v) is 2.13. The summed E-state index contributed by atoms with van der Waals surface area (Å²) in [5.74, 6) is 0.422. The summed E-state index contributed by atoms with van der Waals surface area (Å²) >= 11 is 3.40. The molecule has 2 aromatic rings. The smallest absolute Gasteiger partial charge is 0.141 e. The monoisotopic (exact) mass is 324 g/mol. The molecule has 1 heterocycles. The van der Waals surface area contributed by atoms with Crippen LogP contribution in [0.4, 0.5) is 10.1 Å². The molecule has 0 bridgehead atoms. The molecule has 0 spiro atoms. The quantitative estimate of drug-likeness (QED) is 0.916. The first kappa shape index (κ1) is 13.8. The molecule has 0 aliphatic carbocycles. The van der Waals surface area contributed by atoms with E-state index in [1.165, 1.54) is 12.3 Å². The zero-order valence-corrected chi connectivity index (χ0v) is 12.2. The van der Waals surface area contributed by atoms with Crippen LogP contribution in [0.1, 0.15) is 18.7 Å². The van der Waals surface area contributed by atoms with Gasteiger partial charge in [-0.25, -0.2) is 4.39 Å². The lowest BCUT2D eigenvalue weighted by Gasteiger charge is -2.15. The maximum Gasteiger partial charge on any atom is 0.141 e. The minimum absolute atomic E-state index is 0.0218. The lowest BCUT2D eigenvalue weighted by Crippen LogP contribution is -2.08. The molecule has 1 aromatic heterocycles. The summed E-state index contributed by atoms with van der Waals surface area (Å²) in [6.45, 7) is 1.97. The Labute approximate surface area is 119 Å². The highest BCUT2D eigenvalue weighted by molar-refractivity contribution is 9.10. The van der Waals surface area contributed by atoms with E-state index in [1.807, 2.05) is 25.1 Å². The molecule has 0 saturated carbocycles. The van der Waals surface area contributed by atoms with Gasteiger partial charge in [0.05, 0.1) is 29.5 Å². The molecule has 0 radical (unpaired) electrons. The van der Waals surface area contributed by atoms with Crippen molar-refractivity contribution >= 4 is 21.6 Å². The second-order valence-corrected chi connectivity index (χ2v) is 4.97. The topological polar surface area (TPSA) is 34.1 Å². The van der Waals surface area contributed by atoms with Gasteiger partial charge < -0.3 is 10.1 Å². The van der Waals surface area contributed by atoms with Gasteiger partial charge in [0.1, 0.15) is 11.6 Å². The van der Waals surface area contributed by atoms with Gasteiger partial charge in [-0.05, 0) is 47.1 Å². The van der Waals surface area contributed by atoms with Crippen LogP contribution < -0.4 is 10.1 Å².